The molecule has 3 rings (SSSR count). The SMILES string of the molecule is Cc1ccc(S(=O)(=O)N(C)CC(=O)NC2CCOc3ccccc32)cc1. The Balaban J connectivity index is 1.67. The molecule has 0 saturated heterocycles. The number of nitrogens with one attached hydrogen (secondary N) is 1. The van der Waals surface area contributed by atoms with Crippen LogP contribution in [0, 0.1) is 6.92 Å². The molecule has 0 fully saturated rings. The lowest BCUT2D eigenvalue weighted by Gasteiger charge is -2.27. The Morgan fingerprint density at radius 3 is 2.62 bits per heavy atom. The van der Waals surface area contributed by atoms with Crippen LogP contribution in [0.1, 0.15) is 23.6 Å². The van der Waals surface area contributed by atoms with Crippen LogP contribution in [0.5, 0.6) is 5.75 Å². The molecule has 1 N–H and O–H groups in total. The Kier molecular flexibility index (Phi) is 5.29. The molecule has 1 unspecified atom stereocenters. The summed E-state index contributed by atoms with van der Waals surface area (Å²) in [6.45, 7) is 2.16. The first-order valence-electron chi connectivity index (χ1n) is 8.42. The summed E-state index contributed by atoms with van der Waals surface area (Å²) in [6.07, 6.45) is 0.650. The number of para-hydroxylation sites is 1. The molecule has 2 aromatic carbocycles. The highest BCUT2D eigenvalue weighted by molar-refractivity contribution is 7.89. The van der Waals surface area contributed by atoms with Gasteiger partial charge in [0.25, 0.3) is 0 Å². The van der Waals surface area contributed by atoms with E-state index in [0.29, 0.717) is 13.0 Å². The van der Waals surface area contributed by atoms with E-state index in [4.69, 9.17) is 4.74 Å². The van der Waals surface area contributed by atoms with Gasteiger partial charge in [-0.1, -0.05) is 35.9 Å². The second-order valence-corrected chi connectivity index (χ2v) is 8.41. The minimum Gasteiger partial charge on any atom is -0.493 e. The van der Waals surface area contributed by atoms with Crippen LogP contribution in [-0.2, 0) is 14.8 Å². The first kappa shape index (κ1) is 18.4. The molecule has 138 valence electrons. The van der Waals surface area contributed by atoms with Crippen molar-refractivity contribution in [3.63, 3.8) is 0 Å². The molecule has 0 saturated carbocycles. The maximum atomic E-state index is 12.6. The van der Waals surface area contributed by atoms with Gasteiger partial charge in [0.15, 0.2) is 0 Å². The van der Waals surface area contributed by atoms with Gasteiger partial charge in [0, 0.05) is 19.0 Å². The van der Waals surface area contributed by atoms with E-state index in [-0.39, 0.29) is 23.4 Å². The molecule has 1 atom stereocenters. The molecule has 1 aliphatic rings. The lowest BCUT2D eigenvalue weighted by Crippen LogP contribution is -2.40. The number of likely N-dealkylation sites (N-methyl/N-ethyl adjacent to an activating group) is 1. The summed E-state index contributed by atoms with van der Waals surface area (Å²) in [5, 5.41) is 2.91. The minimum atomic E-state index is -3.70. The highest BCUT2D eigenvalue weighted by Crippen LogP contribution is 2.31. The van der Waals surface area contributed by atoms with E-state index in [1.807, 2.05) is 31.2 Å². The van der Waals surface area contributed by atoms with Gasteiger partial charge in [0.1, 0.15) is 5.75 Å². The van der Waals surface area contributed by atoms with Crippen molar-refractivity contribution in [2.45, 2.75) is 24.3 Å². The lowest BCUT2D eigenvalue weighted by atomic mass is 10.0. The maximum absolute atomic E-state index is 12.6. The zero-order valence-electron chi connectivity index (χ0n) is 14.8. The molecule has 0 radical (unpaired) electrons. The molecule has 0 aliphatic carbocycles. The summed E-state index contributed by atoms with van der Waals surface area (Å²) in [5.41, 5.74) is 1.89. The van der Waals surface area contributed by atoms with Gasteiger partial charge in [-0.25, -0.2) is 8.42 Å². The maximum Gasteiger partial charge on any atom is 0.243 e. The van der Waals surface area contributed by atoms with Crippen molar-refractivity contribution < 1.29 is 17.9 Å². The van der Waals surface area contributed by atoms with E-state index in [0.717, 1.165) is 21.2 Å². The topological polar surface area (TPSA) is 75.7 Å². The third kappa shape index (κ3) is 3.89. The van der Waals surface area contributed by atoms with Gasteiger partial charge < -0.3 is 10.1 Å². The molecule has 6 nitrogen and oxygen atoms in total. The van der Waals surface area contributed by atoms with E-state index in [1.165, 1.54) is 7.05 Å². The van der Waals surface area contributed by atoms with Gasteiger partial charge in [0.2, 0.25) is 15.9 Å². The Hall–Kier alpha value is -2.38. The largest absolute Gasteiger partial charge is 0.493 e. The van der Waals surface area contributed by atoms with Gasteiger partial charge in [-0.15, -0.1) is 0 Å². The fourth-order valence-electron chi connectivity index (χ4n) is 2.91. The number of carbonyl (C=O) groups is 1. The van der Waals surface area contributed by atoms with E-state index in [1.54, 1.807) is 24.3 Å². The molecule has 7 heteroatoms. The molecule has 1 aliphatic heterocycles. The molecule has 0 bridgehead atoms. The minimum absolute atomic E-state index is 0.176. The van der Waals surface area contributed by atoms with Crippen molar-refractivity contribution in [1.82, 2.24) is 9.62 Å². The van der Waals surface area contributed by atoms with Crippen LogP contribution >= 0.6 is 0 Å². The van der Waals surface area contributed by atoms with Crippen LogP contribution in [-0.4, -0.2) is 38.8 Å². The Bertz CT molecular complexity index is 894. The number of amides is 1. The number of sulfonamides is 1. The summed E-state index contributed by atoms with van der Waals surface area (Å²) in [4.78, 5) is 12.6. The second kappa shape index (κ2) is 7.47. The number of hydrogen-bond donors (Lipinski definition) is 1. The van der Waals surface area contributed by atoms with Crippen molar-refractivity contribution in [2.24, 2.45) is 0 Å². The molecular formula is C19H22N2O4S. The van der Waals surface area contributed by atoms with Crippen molar-refractivity contribution >= 4 is 15.9 Å². The Morgan fingerprint density at radius 2 is 1.88 bits per heavy atom. The van der Waals surface area contributed by atoms with Crippen LogP contribution in [0.15, 0.2) is 53.4 Å². The third-order valence-corrected chi connectivity index (χ3v) is 6.21. The molecule has 26 heavy (non-hydrogen) atoms. The van der Waals surface area contributed by atoms with E-state index in [2.05, 4.69) is 5.32 Å². The van der Waals surface area contributed by atoms with Gasteiger partial charge in [-0.05, 0) is 25.1 Å². The van der Waals surface area contributed by atoms with Crippen LogP contribution in [0.25, 0.3) is 0 Å². The number of fused-ring (bicyclic) bond motifs is 1. The van der Waals surface area contributed by atoms with Crippen LogP contribution in [0.2, 0.25) is 0 Å². The lowest BCUT2D eigenvalue weighted by molar-refractivity contribution is -0.122. The zero-order valence-corrected chi connectivity index (χ0v) is 15.6. The summed E-state index contributed by atoms with van der Waals surface area (Å²) in [6, 6.07) is 13.9. The molecule has 1 heterocycles. The summed E-state index contributed by atoms with van der Waals surface area (Å²) >= 11 is 0. The smallest absolute Gasteiger partial charge is 0.243 e. The van der Waals surface area contributed by atoms with Gasteiger partial charge in [0.05, 0.1) is 24.1 Å². The average Bonchev–Trinajstić information content (AvgIpc) is 2.62. The fraction of sp³-hybridized carbons (Fsp3) is 0.316. The standard InChI is InChI=1S/C19H22N2O4S/c1-14-7-9-15(10-8-14)26(23,24)21(2)13-19(22)20-17-11-12-25-18-6-4-3-5-16(17)18/h3-10,17H,11-13H2,1-2H3,(H,20,22). The molecule has 2 aromatic rings. The van der Waals surface area contributed by atoms with Crippen molar-refractivity contribution in [3.05, 3.63) is 59.7 Å². The first-order valence-corrected chi connectivity index (χ1v) is 9.86. The first-order chi connectivity index (χ1) is 12.4. The number of hydrogen-bond acceptors (Lipinski definition) is 4. The van der Waals surface area contributed by atoms with Crippen molar-refractivity contribution in [1.29, 1.82) is 0 Å². The number of rotatable bonds is 5. The molecule has 1 amide bonds. The predicted octanol–water partition coefficient (Wildman–Crippen LogP) is 2.26. The normalized spacial score (nSPS) is 16.7. The van der Waals surface area contributed by atoms with E-state index < -0.39 is 10.0 Å². The summed E-state index contributed by atoms with van der Waals surface area (Å²) in [5.74, 6) is 0.412. The number of ether oxygens (including phenoxy) is 1. The molecule has 0 aromatic heterocycles. The van der Waals surface area contributed by atoms with E-state index >= 15 is 0 Å². The zero-order chi connectivity index (χ0) is 18.7. The van der Waals surface area contributed by atoms with Crippen LogP contribution in [0.4, 0.5) is 0 Å². The van der Waals surface area contributed by atoms with Gasteiger partial charge >= 0.3 is 0 Å². The van der Waals surface area contributed by atoms with Crippen LogP contribution in [0.3, 0.4) is 0 Å². The second-order valence-electron chi connectivity index (χ2n) is 6.37. The number of benzene rings is 2. The Morgan fingerprint density at radius 1 is 1.19 bits per heavy atom. The highest BCUT2D eigenvalue weighted by atomic mass is 32.2. The number of carbonyl (C=O) groups excluding carboxylic acids is 1. The third-order valence-electron chi connectivity index (χ3n) is 4.39. The van der Waals surface area contributed by atoms with Crippen molar-refractivity contribution in [3.8, 4) is 5.75 Å². The average molecular weight is 374 g/mol. The van der Waals surface area contributed by atoms with Gasteiger partial charge in [-0.2, -0.15) is 4.31 Å². The molecule has 0 spiro atoms. The summed E-state index contributed by atoms with van der Waals surface area (Å²) < 4.78 is 31.8. The Labute approximate surface area is 153 Å². The predicted molar refractivity (Wildman–Crippen MR) is 98.4 cm³/mol. The summed E-state index contributed by atoms with van der Waals surface area (Å²) in [7, 11) is -2.29. The highest BCUT2D eigenvalue weighted by Gasteiger charge is 2.26. The molecular weight excluding hydrogens is 352 g/mol. The fourth-order valence-corrected chi connectivity index (χ4v) is 4.04. The van der Waals surface area contributed by atoms with Crippen molar-refractivity contribution in [2.75, 3.05) is 20.2 Å². The van der Waals surface area contributed by atoms with Gasteiger partial charge in [-0.3, -0.25) is 4.79 Å². The number of aryl methyl sites for hydroxylation is 1. The quantitative estimate of drug-likeness (QED) is 0.871. The monoisotopic (exact) mass is 374 g/mol. The van der Waals surface area contributed by atoms with E-state index in [9.17, 15) is 13.2 Å². The number of nitrogens with zero attached hydrogens (tertiary/aromatic N) is 1. The van der Waals surface area contributed by atoms with Crippen LogP contribution < -0.4 is 10.1 Å².